The molecule has 0 spiro atoms. The molecule has 2 heteroatoms. The van der Waals surface area contributed by atoms with E-state index < -0.39 is 5.82 Å². The number of aryl methyl sites for hydroxylation is 2. The van der Waals surface area contributed by atoms with E-state index in [4.69, 9.17) is 0 Å². The Kier molecular flexibility index (Phi) is 5.70. The average molecular weight is 356 g/mol. The molecule has 0 aromatic heterocycles. The summed E-state index contributed by atoms with van der Waals surface area (Å²) < 4.78 is 27.8. The Morgan fingerprint density at radius 2 is 1.22 bits per heavy atom. The Morgan fingerprint density at radius 3 is 1.85 bits per heavy atom. The predicted octanol–water partition coefficient (Wildman–Crippen LogP) is 5.64. The molecule has 0 saturated heterocycles. The third kappa shape index (κ3) is 4.84. The highest BCUT2D eigenvalue weighted by atomic mass is 19.1. The molecular formula is C25H18F2. The largest absolute Gasteiger partial charge is 0.207 e. The molecule has 0 amide bonds. The second-order valence-electron chi connectivity index (χ2n) is 6.21. The van der Waals surface area contributed by atoms with Crippen LogP contribution in [-0.4, -0.2) is 0 Å². The summed E-state index contributed by atoms with van der Waals surface area (Å²) in [6.07, 6.45) is 0.983. The molecule has 0 radical (unpaired) electrons. The SMILES string of the molecule is CCc1ccc(C#Cc2ccc(C#Cc3ccc(C)c(F)c3)c(F)c2)cc1. The molecule has 3 aromatic carbocycles. The van der Waals surface area contributed by atoms with Gasteiger partial charge < -0.3 is 0 Å². The third-order valence-corrected chi connectivity index (χ3v) is 4.20. The van der Waals surface area contributed by atoms with Crippen LogP contribution in [0.25, 0.3) is 0 Å². The molecule has 0 nitrogen and oxygen atoms in total. The zero-order valence-corrected chi connectivity index (χ0v) is 15.2. The van der Waals surface area contributed by atoms with Crippen LogP contribution in [0.3, 0.4) is 0 Å². The van der Waals surface area contributed by atoms with Crippen molar-refractivity contribution in [1.82, 2.24) is 0 Å². The molecule has 3 aromatic rings. The zero-order chi connectivity index (χ0) is 19.2. The normalized spacial score (nSPS) is 9.78. The minimum atomic E-state index is -0.441. The van der Waals surface area contributed by atoms with Crippen molar-refractivity contribution < 1.29 is 8.78 Å². The van der Waals surface area contributed by atoms with Crippen LogP contribution in [0.15, 0.2) is 60.7 Å². The van der Waals surface area contributed by atoms with Crippen LogP contribution in [0.5, 0.6) is 0 Å². The van der Waals surface area contributed by atoms with E-state index in [1.54, 1.807) is 31.2 Å². The van der Waals surface area contributed by atoms with Gasteiger partial charge >= 0.3 is 0 Å². The number of benzene rings is 3. The van der Waals surface area contributed by atoms with Crippen LogP contribution >= 0.6 is 0 Å². The Labute approximate surface area is 158 Å². The van der Waals surface area contributed by atoms with E-state index in [1.807, 2.05) is 24.3 Å². The van der Waals surface area contributed by atoms with Gasteiger partial charge in [-0.3, -0.25) is 0 Å². The second kappa shape index (κ2) is 8.35. The molecule has 0 heterocycles. The maximum atomic E-state index is 14.3. The summed E-state index contributed by atoms with van der Waals surface area (Å²) in [4.78, 5) is 0. The molecule has 0 aliphatic heterocycles. The van der Waals surface area contributed by atoms with Crippen LogP contribution < -0.4 is 0 Å². The van der Waals surface area contributed by atoms with E-state index >= 15 is 0 Å². The van der Waals surface area contributed by atoms with Crippen molar-refractivity contribution in [3.63, 3.8) is 0 Å². The van der Waals surface area contributed by atoms with Gasteiger partial charge in [0.1, 0.15) is 11.6 Å². The molecule has 0 atom stereocenters. The lowest BCUT2D eigenvalue weighted by molar-refractivity contribution is 0.618. The van der Waals surface area contributed by atoms with E-state index in [0.717, 1.165) is 12.0 Å². The monoisotopic (exact) mass is 356 g/mol. The summed E-state index contributed by atoms with van der Waals surface area (Å²) in [7, 11) is 0. The minimum Gasteiger partial charge on any atom is -0.207 e. The van der Waals surface area contributed by atoms with Crippen LogP contribution in [0.2, 0.25) is 0 Å². The van der Waals surface area contributed by atoms with Crippen molar-refractivity contribution >= 4 is 0 Å². The Hall–Kier alpha value is -3.36. The fraction of sp³-hybridized carbons (Fsp3) is 0.120. The van der Waals surface area contributed by atoms with Crippen molar-refractivity contribution in [2.24, 2.45) is 0 Å². The van der Waals surface area contributed by atoms with Crippen molar-refractivity contribution in [1.29, 1.82) is 0 Å². The molecule has 0 fully saturated rings. The molecule has 0 saturated carbocycles. The maximum absolute atomic E-state index is 14.3. The molecule has 0 N–H and O–H groups in total. The Bertz CT molecular complexity index is 1090. The predicted molar refractivity (Wildman–Crippen MR) is 105 cm³/mol. The van der Waals surface area contributed by atoms with Crippen molar-refractivity contribution in [3.05, 3.63) is 106 Å². The molecular weight excluding hydrogens is 338 g/mol. The first kappa shape index (κ1) is 18.4. The number of hydrogen-bond acceptors (Lipinski definition) is 0. The number of hydrogen-bond donors (Lipinski definition) is 0. The summed E-state index contributed by atoms with van der Waals surface area (Å²) in [5.41, 5.74) is 4.05. The lowest BCUT2D eigenvalue weighted by Gasteiger charge is -1.98. The average Bonchev–Trinajstić information content (AvgIpc) is 2.68. The fourth-order valence-corrected chi connectivity index (χ4v) is 2.47. The van der Waals surface area contributed by atoms with E-state index in [9.17, 15) is 8.78 Å². The standard InChI is InChI=1S/C25H18F2/c1-3-19-6-8-20(9-7-19)10-11-22-13-15-23(25(27)17-22)14-12-21-5-4-18(2)24(26)16-21/h4-9,13,15-17H,3H2,1-2H3. The first-order valence-corrected chi connectivity index (χ1v) is 8.74. The van der Waals surface area contributed by atoms with Gasteiger partial charge in [0.15, 0.2) is 0 Å². The van der Waals surface area contributed by atoms with E-state index in [-0.39, 0.29) is 11.4 Å². The van der Waals surface area contributed by atoms with Gasteiger partial charge in [-0.15, -0.1) is 0 Å². The molecule has 132 valence electrons. The highest BCUT2D eigenvalue weighted by molar-refractivity contribution is 5.49. The lowest BCUT2D eigenvalue weighted by Crippen LogP contribution is -1.87. The molecule has 0 bridgehead atoms. The maximum Gasteiger partial charge on any atom is 0.140 e. The summed E-state index contributed by atoms with van der Waals surface area (Å²) >= 11 is 0. The highest BCUT2D eigenvalue weighted by Crippen LogP contribution is 2.11. The minimum absolute atomic E-state index is 0.258. The smallest absolute Gasteiger partial charge is 0.140 e. The summed E-state index contributed by atoms with van der Waals surface area (Å²) in [6, 6.07) is 17.4. The quantitative estimate of drug-likeness (QED) is 0.495. The zero-order valence-electron chi connectivity index (χ0n) is 15.2. The fourth-order valence-electron chi connectivity index (χ4n) is 2.47. The molecule has 3 rings (SSSR count). The lowest BCUT2D eigenvalue weighted by atomic mass is 10.1. The van der Waals surface area contributed by atoms with Gasteiger partial charge in [-0.25, -0.2) is 8.78 Å². The van der Waals surface area contributed by atoms with Crippen LogP contribution in [0, 0.1) is 42.2 Å². The molecule has 0 unspecified atom stereocenters. The first-order chi connectivity index (χ1) is 13.0. The molecule has 27 heavy (non-hydrogen) atoms. The van der Waals surface area contributed by atoms with Crippen molar-refractivity contribution in [2.45, 2.75) is 20.3 Å². The van der Waals surface area contributed by atoms with Crippen molar-refractivity contribution in [3.8, 4) is 23.7 Å². The van der Waals surface area contributed by atoms with E-state index in [2.05, 4.69) is 30.6 Å². The van der Waals surface area contributed by atoms with Gasteiger partial charge in [0.2, 0.25) is 0 Å². The van der Waals surface area contributed by atoms with Crippen molar-refractivity contribution in [2.75, 3.05) is 0 Å². The summed E-state index contributed by atoms with van der Waals surface area (Å²) in [5.74, 6) is 10.8. The number of halogens is 2. The summed E-state index contributed by atoms with van der Waals surface area (Å²) in [6.45, 7) is 3.79. The van der Waals surface area contributed by atoms with Gasteiger partial charge in [-0.2, -0.15) is 0 Å². The third-order valence-electron chi connectivity index (χ3n) is 4.20. The highest BCUT2D eigenvalue weighted by Gasteiger charge is 2.01. The van der Waals surface area contributed by atoms with Gasteiger partial charge in [0, 0.05) is 16.7 Å². The molecule has 0 aliphatic carbocycles. The van der Waals surface area contributed by atoms with Crippen LogP contribution in [-0.2, 0) is 6.42 Å². The van der Waals surface area contributed by atoms with E-state index in [0.29, 0.717) is 16.7 Å². The van der Waals surface area contributed by atoms with Crippen LogP contribution in [0.1, 0.15) is 40.3 Å². The van der Waals surface area contributed by atoms with Gasteiger partial charge in [0.05, 0.1) is 5.56 Å². The second-order valence-corrected chi connectivity index (χ2v) is 6.21. The topological polar surface area (TPSA) is 0 Å². The van der Waals surface area contributed by atoms with Gasteiger partial charge in [-0.1, -0.05) is 48.8 Å². The first-order valence-electron chi connectivity index (χ1n) is 8.74. The Balaban J connectivity index is 1.79. The van der Waals surface area contributed by atoms with Gasteiger partial charge in [0.25, 0.3) is 0 Å². The number of rotatable bonds is 1. The summed E-state index contributed by atoms with van der Waals surface area (Å²) in [5, 5.41) is 0. The van der Waals surface area contributed by atoms with Gasteiger partial charge in [-0.05, 0) is 66.9 Å². The van der Waals surface area contributed by atoms with E-state index in [1.165, 1.54) is 17.7 Å². The van der Waals surface area contributed by atoms with Crippen LogP contribution in [0.4, 0.5) is 8.78 Å². The molecule has 0 aliphatic rings. The Morgan fingerprint density at radius 1 is 0.667 bits per heavy atom.